The minimum atomic E-state index is -0.120. The van der Waals surface area contributed by atoms with E-state index >= 15 is 0 Å². The number of thiocarbonyl (C=S) groups is 1. The van der Waals surface area contributed by atoms with Crippen molar-refractivity contribution in [2.45, 2.75) is 13.3 Å². The van der Waals surface area contributed by atoms with Gasteiger partial charge in [-0.05, 0) is 42.8 Å². The van der Waals surface area contributed by atoms with Crippen molar-refractivity contribution in [3.8, 4) is 17.2 Å². The van der Waals surface area contributed by atoms with Crippen LogP contribution in [0.1, 0.15) is 17.5 Å². The zero-order valence-corrected chi connectivity index (χ0v) is 19.3. The molecule has 0 N–H and O–H groups in total. The van der Waals surface area contributed by atoms with Gasteiger partial charge in [0.25, 0.3) is 5.91 Å². The summed E-state index contributed by atoms with van der Waals surface area (Å²) in [6.07, 6.45) is 2.46. The van der Waals surface area contributed by atoms with Gasteiger partial charge in [0.2, 0.25) is 0 Å². The molecule has 1 fully saturated rings. The van der Waals surface area contributed by atoms with E-state index in [2.05, 4.69) is 0 Å². The van der Waals surface area contributed by atoms with E-state index in [1.807, 2.05) is 43.3 Å². The summed E-state index contributed by atoms with van der Waals surface area (Å²) in [6.45, 7) is 2.87. The minimum Gasteiger partial charge on any atom is -0.493 e. The third-order valence-electron chi connectivity index (χ3n) is 4.44. The topological polar surface area (TPSA) is 48.0 Å². The Morgan fingerprint density at radius 2 is 1.97 bits per heavy atom. The molecule has 3 rings (SSSR count). The van der Waals surface area contributed by atoms with Crippen LogP contribution < -0.4 is 14.2 Å². The van der Waals surface area contributed by atoms with Gasteiger partial charge in [-0.25, -0.2) is 0 Å². The average molecular weight is 464 g/mol. The number of hydrogen-bond acceptors (Lipinski definition) is 6. The van der Waals surface area contributed by atoms with Crippen LogP contribution in [-0.4, -0.2) is 42.5 Å². The van der Waals surface area contributed by atoms with E-state index < -0.39 is 0 Å². The number of amides is 1. The first-order valence-corrected chi connectivity index (χ1v) is 10.9. The predicted octanol–water partition coefficient (Wildman–Crippen LogP) is 5.34. The van der Waals surface area contributed by atoms with E-state index in [1.54, 1.807) is 20.2 Å². The molecule has 0 radical (unpaired) electrons. The number of ether oxygens (including phenoxy) is 3. The number of methoxy groups -OCH3 is 1. The molecule has 2 aromatic carbocycles. The number of thioether (sulfide) groups is 1. The van der Waals surface area contributed by atoms with Crippen molar-refractivity contribution in [2.24, 2.45) is 0 Å². The molecule has 2 aromatic rings. The summed E-state index contributed by atoms with van der Waals surface area (Å²) in [7, 11) is 3.26. The van der Waals surface area contributed by atoms with Gasteiger partial charge in [-0.15, -0.1) is 0 Å². The number of rotatable bonds is 8. The van der Waals surface area contributed by atoms with Crippen LogP contribution in [0.4, 0.5) is 0 Å². The van der Waals surface area contributed by atoms with Gasteiger partial charge >= 0.3 is 0 Å². The smallest absolute Gasteiger partial charge is 0.265 e. The molecule has 1 aliphatic rings. The minimum absolute atomic E-state index is 0.120. The van der Waals surface area contributed by atoms with Gasteiger partial charge in [-0.3, -0.25) is 9.69 Å². The van der Waals surface area contributed by atoms with E-state index in [1.165, 1.54) is 16.7 Å². The van der Waals surface area contributed by atoms with Crippen LogP contribution in [0.5, 0.6) is 17.2 Å². The molecule has 5 nitrogen and oxygen atoms in total. The second kappa shape index (κ2) is 10.2. The highest BCUT2D eigenvalue weighted by Gasteiger charge is 2.29. The largest absolute Gasteiger partial charge is 0.493 e. The van der Waals surface area contributed by atoms with Crippen LogP contribution in [0.2, 0.25) is 5.02 Å². The fraction of sp³-hybridized carbons (Fsp3) is 0.273. The van der Waals surface area contributed by atoms with Crippen LogP contribution in [0.25, 0.3) is 6.08 Å². The summed E-state index contributed by atoms with van der Waals surface area (Å²) in [6, 6.07) is 11.1. The van der Waals surface area contributed by atoms with E-state index in [0.29, 0.717) is 40.4 Å². The Hall–Kier alpha value is -2.22. The number of carbonyl (C=O) groups excluding carboxylic acids is 1. The number of likely N-dealkylation sites (N-methyl/N-ethyl adjacent to an activating group) is 1. The van der Waals surface area contributed by atoms with Gasteiger partial charge < -0.3 is 14.2 Å². The van der Waals surface area contributed by atoms with Crippen molar-refractivity contribution < 1.29 is 19.0 Å². The molecular formula is C22H22ClNO4S2. The Morgan fingerprint density at radius 3 is 2.63 bits per heavy atom. The number of benzene rings is 2. The Labute approximate surface area is 190 Å². The molecule has 1 saturated heterocycles. The van der Waals surface area contributed by atoms with Crippen LogP contribution in [0.3, 0.4) is 0 Å². The van der Waals surface area contributed by atoms with Gasteiger partial charge in [-0.1, -0.05) is 47.7 Å². The second-order valence-electron chi connectivity index (χ2n) is 6.58. The van der Waals surface area contributed by atoms with Crippen molar-refractivity contribution in [3.63, 3.8) is 0 Å². The maximum atomic E-state index is 12.3. The van der Waals surface area contributed by atoms with Crippen LogP contribution in [0.15, 0.2) is 41.3 Å². The molecule has 0 bridgehead atoms. The Kier molecular flexibility index (Phi) is 7.64. The molecule has 158 valence electrons. The highest BCUT2D eigenvalue weighted by molar-refractivity contribution is 8.26. The van der Waals surface area contributed by atoms with E-state index in [9.17, 15) is 4.79 Å². The van der Waals surface area contributed by atoms with Crippen LogP contribution in [-0.2, 0) is 4.79 Å². The number of nitrogens with zero attached hydrogens (tertiary/aromatic N) is 1. The lowest BCUT2D eigenvalue weighted by molar-refractivity contribution is -0.121. The molecule has 1 heterocycles. The quantitative estimate of drug-likeness (QED) is 0.299. The number of carbonyl (C=O) groups is 1. The number of halogens is 1. The third kappa shape index (κ3) is 5.28. The molecule has 1 amide bonds. The van der Waals surface area contributed by atoms with Crippen molar-refractivity contribution >= 4 is 51.9 Å². The fourth-order valence-corrected chi connectivity index (χ4v) is 4.07. The monoisotopic (exact) mass is 463 g/mol. The van der Waals surface area contributed by atoms with Crippen molar-refractivity contribution in [1.29, 1.82) is 0 Å². The summed E-state index contributed by atoms with van der Waals surface area (Å²) in [4.78, 5) is 14.3. The molecule has 1 aliphatic heterocycles. The summed E-state index contributed by atoms with van der Waals surface area (Å²) < 4.78 is 17.7. The fourth-order valence-electron chi connectivity index (χ4n) is 2.78. The first-order chi connectivity index (χ1) is 14.4. The highest BCUT2D eigenvalue weighted by Crippen LogP contribution is 2.37. The molecule has 8 heteroatoms. The first-order valence-electron chi connectivity index (χ1n) is 9.31. The molecule has 0 aromatic heterocycles. The zero-order valence-electron chi connectivity index (χ0n) is 16.9. The second-order valence-corrected chi connectivity index (χ2v) is 8.66. The SMILES string of the molecule is COc1cccc(/C=C2\SC(=S)N(C)C2=O)c1OCCCOc1ccc(Cl)c(C)c1. The number of para-hydroxylation sites is 1. The Morgan fingerprint density at radius 1 is 1.20 bits per heavy atom. The van der Waals surface area contributed by atoms with Gasteiger partial charge in [-0.2, -0.15) is 0 Å². The van der Waals surface area contributed by atoms with E-state index in [4.69, 9.17) is 38.0 Å². The van der Waals surface area contributed by atoms with Crippen molar-refractivity contribution in [1.82, 2.24) is 4.90 Å². The molecule has 0 unspecified atom stereocenters. The normalized spacial score (nSPS) is 15.1. The van der Waals surface area contributed by atoms with Gasteiger partial charge in [0.15, 0.2) is 11.5 Å². The maximum absolute atomic E-state index is 12.3. The maximum Gasteiger partial charge on any atom is 0.265 e. The molecule has 0 saturated carbocycles. The highest BCUT2D eigenvalue weighted by atomic mass is 35.5. The summed E-state index contributed by atoms with van der Waals surface area (Å²) >= 11 is 12.5. The summed E-state index contributed by atoms with van der Waals surface area (Å²) in [5.41, 5.74) is 1.74. The number of aryl methyl sites for hydroxylation is 1. The Balaban J connectivity index is 1.64. The lowest BCUT2D eigenvalue weighted by Crippen LogP contribution is -2.22. The average Bonchev–Trinajstić information content (AvgIpc) is 2.97. The van der Waals surface area contributed by atoms with Crippen LogP contribution in [0, 0.1) is 6.92 Å². The lowest BCUT2D eigenvalue weighted by Gasteiger charge is -2.14. The number of hydrogen-bond donors (Lipinski definition) is 0. The summed E-state index contributed by atoms with van der Waals surface area (Å²) in [5.74, 6) is 1.84. The van der Waals surface area contributed by atoms with Gasteiger partial charge in [0.05, 0.1) is 25.2 Å². The first kappa shape index (κ1) is 22.5. The van der Waals surface area contributed by atoms with E-state index in [0.717, 1.165) is 21.9 Å². The molecule has 30 heavy (non-hydrogen) atoms. The van der Waals surface area contributed by atoms with Crippen molar-refractivity contribution in [3.05, 3.63) is 57.5 Å². The molecular weight excluding hydrogens is 442 g/mol. The molecule has 0 aliphatic carbocycles. The third-order valence-corrected chi connectivity index (χ3v) is 6.34. The Bertz CT molecular complexity index is 993. The van der Waals surface area contributed by atoms with Crippen molar-refractivity contribution in [2.75, 3.05) is 27.4 Å². The van der Waals surface area contributed by atoms with E-state index in [-0.39, 0.29) is 5.91 Å². The van der Waals surface area contributed by atoms with Gasteiger partial charge in [0.1, 0.15) is 10.1 Å². The molecule has 0 spiro atoms. The van der Waals surface area contributed by atoms with Crippen LogP contribution >= 0.6 is 35.6 Å². The standard InChI is InChI=1S/C22H22ClNO4S2/c1-14-12-16(8-9-17(14)23)27-10-5-11-28-20-15(6-4-7-18(20)26-3)13-19-21(25)24(2)22(29)30-19/h4,6-9,12-13H,5,10-11H2,1-3H3/b19-13-. The zero-order chi connectivity index (χ0) is 21.7. The predicted molar refractivity (Wildman–Crippen MR) is 126 cm³/mol. The summed E-state index contributed by atoms with van der Waals surface area (Å²) in [5, 5.41) is 0.717. The van der Waals surface area contributed by atoms with Gasteiger partial charge in [0, 0.05) is 24.1 Å². The molecule has 0 atom stereocenters. The lowest BCUT2D eigenvalue weighted by atomic mass is 10.1.